The van der Waals surface area contributed by atoms with Crippen LogP contribution < -0.4 is 0 Å². The van der Waals surface area contributed by atoms with Crippen LogP contribution in [0.3, 0.4) is 0 Å². The van der Waals surface area contributed by atoms with Gasteiger partial charge in [0.1, 0.15) is 5.69 Å². The van der Waals surface area contributed by atoms with Gasteiger partial charge >= 0.3 is 6.18 Å². The average Bonchev–Trinajstić information content (AvgIpc) is 2.67. The number of aromatic nitrogens is 1. The number of azo groups is 1. The normalized spacial score (nSPS) is 20.5. The maximum Gasteiger partial charge on any atom is 0.432 e. The van der Waals surface area contributed by atoms with Gasteiger partial charge in [-0.1, -0.05) is 6.07 Å². The number of hydrogen-bond donors (Lipinski definition) is 0. The summed E-state index contributed by atoms with van der Waals surface area (Å²) < 4.78 is 36.5. The molecule has 1 aromatic rings. The molecule has 1 atom stereocenters. The number of halogens is 3. The molecule has 0 fully saturated rings. The Morgan fingerprint density at radius 1 is 1.20 bits per heavy atom. The molecule has 0 bridgehead atoms. The van der Waals surface area contributed by atoms with E-state index in [2.05, 4.69) is 20.2 Å². The van der Waals surface area contributed by atoms with E-state index in [0.717, 1.165) is 0 Å². The van der Waals surface area contributed by atoms with Gasteiger partial charge in [0.2, 0.25) is 0 Å². The van der Waals surface area contributed by atoms with E-state index in [1.807, 2.05) is 0 Å². The molecule has 2 rings (SSSR count). The minimum absolute atomic E-state index is 0.0853. The molecule has 1 aromatic heterocycles. The highest BCUT2D eigenvalue weighted by Crippen LogP contribution is 2.27. The maximum atomic E-state index is 12.2. The molecule has 0 spiro atoms. The zero-order chi connectivity index (χ0) is 10.9. The summed E-state index contributed by atoms with van der Waals surface area (Å²) in [6, 6.07) is 4.81. The second-order valence-corrected chi connectivity index (χ2v) is 2.80. The van der Waals surface area contributed by atoms with Gasteiger partial charge in [-0.15, -0.1) is 10.2 Å². The Morgan fingerprint density at radius 2 is 2.00 bits per heavy atom. The van der Waals surface area contributed by atoms with E-state index in [-0.39, 0.29) is 11.5 Å². The molecule has 0 N–H and O–H groups in total. The molecular weight excluding hydrogens is 209 g/mol. The topological polar surface area (TPSA) is 50.0 Å². The molecule has 1 aliphatic rings. The van der Waals surface area contributed by atoms with Crippen molar-refractivity contribution >= 4 is 5.84 Å². The Morgan fingerprint density at radius 3 is 2.53 bits per heavy atom. The smallest absolute Gasteiger partial charge is 0.253 e. The number of alkyl halides is 3. The van der Waals surface area contributed by atoms with Gasteiger partial charge in [0.15, 0.2) is 5.84 Å². The lowest BCUT2D eigenvalue weighted by atomic mass is 10.3. The Hall–Kier alpha value is -1.79. The van der Waals surface area contributed by atoms with Crippen LogP contribution in [0.4, 0.5) is 13.2 Å². The molecule has 0 saturated heterocycles. The fraction of sp³-hybridized carbons (Fsp3) is 0.250. The fourth-order valence-electron chi connectivity index (χ4n) is 1.03. The van der Waals surface area contributed by atoms with E-state index >= 15 is 0 Å². The van der Waals surface area contributed by atoms with Gasteiger partial charge in [-0.05, 0) is 12.1 Å². The summed E-state index contributed by atoms with van der Waals surface area (Å²) in [6.45, 7) is 0. The van der Waals surface area contributed by atoms with Crippen molar-refractivity contribution in [3.63, 3.8) is 0 Å². The standard InChI is InChI=1S/C8H5F3N4/c9-8(10,11)7-13-6(14-15-7)5-3-1-2-4-12-5/h1-4,7H. The summed E-state index contributed by atoms with van der Waals surface area (Å²) in [4.78, 5) is 7.15. The first kappa shape index (κ1) is 9.75. The van der Waals surface area contributed by atoms with E-state index in [9.17, 15) is 13.2 Å². The second-order valence-electron chi connectivity index (χ2n) is 2.80. The molecule has 15 heavy (non-hydrogen) atoms. The molecule has 1 unspecified atom stereocenters. The van der Waals surface area contributed by atoms with E-state index in [1.54, 1.807) is 12.1 Å². The first-order valence-electron chi connectivity index (χ1n) is 4.04. The van der Waals surface area contributed by atoms with Crippen LogP contribution >= 0.6 is 0 Å². The Labute approximate surface area is 82.6 Å². The van der Waals surface area contributed by atoms with Crippen molar-refractivity contribution in [3.05, 3.63) is 30.1 Å². The number of hydrogen-bond acceptors (Lipinski definition) is 4. The third-order valence-corrected chi connectivity index (χ3v) is 1.69. The van der Waals surface area contributed by atoms with Gasteiger partial charge in [-0.25, -0.2) is 4.99 Å². The predicted octanol–water partition coefficient (Wildman–Crippen LogP) is 2.18. The Kier molecular flexibility index (Phi) is 2.22. The average molecular weight is 214 g/mol. The van der Waals surface area contributed by atoms with Crippen LogP contribution in [0.2, 0.25) is 0 Å². The quantitative estimate of drug-likeness (QED) is 0.706. The van der Waals surface area contributed by atoms with Crippen LogP contribution in [0.15, 0.2) is 39.6 Å². The van der Waals surface area contributed by atoms with Crippen molar-refractivity contribution in [2.24, 2.45) is 15.2 Å². The first-order valence-corrected chi connectivity index (χ1v) is 4.04. The Bertz CT molecular complexity index is 410. The van der Waals surface area contributed by atoms with Crippen molar-refractivity contribution < 1.29 is 13.2 Å². The zero-order valence-electron chi connectivity index (χ0n) is 7.31. The van der Waals surface area contributed by atoms with Crippen LogP contribution in [0.1, 0.15) is 5.69 Å². The van der Waals surface area contributed by atoms with E-state index < -0.39 is 12.3 Å². The largest absolute Gasteiger partial charge is 0.432 e. The summed E-state index contributed by atoms with van der Waals surface area (Å²) in [5.74, 6) is -0.0853. The number of rotatable bonds is 1. The van der Waals surface area contributed by atoms with Gasteiger partial charge in [0.25, 0.3) is 6.17 Å². The van der Waals surface area contributed by atoms with E-state index in [0.29, 0.717) is 0 Å². The van der Waals surface area contributed by atoms with Crippen molar-refractivity contribution in [1.82, 2.24) is 4.98 Å². The molecule has 2 heterocycles. The summed E-state index contributed by atoms with van der Waals surface area (Å²) in [5, 5.41) is 6.37. The third-order valence-electron chi connectivity index (χ3n) is 1.69. The van der Waals surface area contributed by atoms with Crippen LogP contribution in [-0.2, 0) is 0 Å². The third kappa shape index (κ3) is 2.00. The van der Waals surface area contributed by atoms with Crippen LogP contribution in [-0.4, -0.2) is 23.2 Å². The SMILES string of the molecule is FC(F)(F)C1N=NC(c2ccccn2)=N1. The predicted molar refractivity (Wildman–Crippen MR) is 45.5 cm³/mol. The lowest BCUT2D eigenvalue weighted by Crippen LogP contribution is -2.23. The van der Waals surface area contributed by atoms with Gasteiger partial charge in [0, 0.05) is 6.20 Å². The molecule has 0 radical (unpaired) electrons. The molecule has 78 valence electrons. The maximum absolute atomic E-state index is 12.2. The molecule has 7 heteroatoms. The highest BCUT2D eigenvalue weighted by Gasteiger charge is 2.42. The Balaban J connectivity index is 2.26. The van der Waals surface area contributed by atoms with Crippen molar-refractivity contribution in [2.75, 3.05) is 0 Å². The number of amidine groups is 1. The minimum atomic E-state index is -4.49. The van der Waals surface area contributed by atoms with Crippen LogP contribution in [0.5, 0.6) is 0 Å². The molecule has 0 amide bonds. The van der Waals surface area contributed by atoms with E-state index in [1.165, 1.54) is 12.3 Å². The summed E-state index contributed by atoms with van der Waals surface area (Å²) in [6.07, 6.45) is -5.12. The van der Waals surface area contributed by atoms with E-state index in [4.69, 9.17) is 0 Å². The molecule has 0 saturated carbocycles. The van der Waals surface area contributed by atoms with Gasteiger partial charge in [-0.2, -0.15) is 13.2 Å². The molecule has 4 nitrogen and oxygen atoms in total. The summed E-state index contributed by atoms with van der Waals surface area (Å²) in [5.41, 5.74) is 0.285. The van der Waals surface area contributed by atoms with Crippen LogP contribution in [0, 0.1) is 0 Å². The van der Waals surface area contributed by atoms with Crippen molar-refractivity contribution in [1.29, 1.82) is 0 Å². The fourth-order valence-corrected chi connectivity index (χ4v) is 1.03. The zero-order valence-corrected chi connectivity index (χ0v) is 7.31. The molecular formula is C8H5F3N4. The lowest BCUT2D eigenvalue weighted by molar-refractivity contribution is -0.144. The molecule has 0 aromatic carbocycles. The number of pyridine rings is 1. The first-order chi connectivity index (χ1) is 7.07. The summed E-state index contributed by atoms with van der Waals surface area (Å²) in [7, 11) is 0. The second kappa shape index (κ2) is 3.41. The molecule has 0 aliphatic carbocycles. The minimum Gasteiger partial charge on any atom is -0.253 e. The monoisotopic (exact) mass is 214 g/mol. The van der Waals surface area contributed by atoms with Gasteiger partial charge < -0.3 is 0 Å². The van der Waals surface area contributed by atoms with Crippen LogP contribution in [0.25, 0.3) is 0 Å². The highest BCUT2D eigenvalue weighted by atomic mass is 19.4. The number of nitrogens with zero attached hydrogens (tertiary/aromatic N) is 4. The van der Waals surface area contributed by atoms with Crippen molar-refractivity contribution in [3.8, 4) is 0 Å². The highest BCUT2D eigenvalue weighted by molar-refractivity contribution is 5.98. The molecule has 1 aliphatic heterocycles. The lowest BCUT2D eigenvalue weighted by Gasteiger charge is -2.05. The summed E-state index contributed by atoms with van der Waals surface area (Å²) >= 11 is 0. The van der Waals surface area contributed by atoms with Crippen molar-refractivity contribution in [2.45, 2.75) is 12.3 Å². The van der Waals surface area contributed by atoms with Gasteiger partial charge in [-0.3, -0.25) is 4.98 Å². The number of aliphatic imine (C=N–C) groups is 1. The van der Waals surface area contributed by atoms with Gasteiger partial charge in [0.05, 0.1) is 0 Å².